The predicted molar refractivity (Wildman–Crippen MR) is 66.5 cm³/mol. The van der Waals surface area contributed by atoms with E-state index in [1.165, 1.54) is 0 Å². The maximum Gasteiger partial charge on any atom is 0.179 e. The zero-order chi connectivity index (χ0) is 12.0. The van der Waals surface area contributed by atoms with Crippen molar-refractivity contribution in [1.29, 1.82) is 0 Å². The molecule has 0 aliphatic rings. The Morgan fingerprint density at radius 3 is 2.69 bits per heavy atom. The Labute approximate surface area is 101 Å². The van der Waals surface area contributed by atoms with Crippen LogP contribution in [0.4, 0.5) is 0 Å². The van der Waals surface area contributed by atoms with Crippen LogP contribution in [0.1, 0.15) is 5.56 Å². The van der Waals surface area contributed by atoms with Crippen molar-refractivity contribution in [3.8, 4) is 11.5 Å². The molecule has 0 saturated carbocycles. The van der Waals surface area contributed by atoms with Gasteiger partial charge in [-0.3, -0.25) is 0 Å². The van der Waals surface area contributed by atoms with Crippen molar-refractivity contribution in [3.63, 3.8) is 0 Å². The van der Waals surface area contributed by atoms with Gasteiger partial charge in [0.25, 0.3) is 0 Å². The van der Waals surface area contributed by atoms with E-state index in [0.717, 1.165) is 12.1 Å². The first kappa shape index (κ1) is 12.9. The minimum Gasteiger partial charge on any atom is -0.493 e. The third-order valence-corrected chi connectivity index (χ3v) is 2.58. The Morgan fingerprint density at radius 1 is 1.38 bits per heavy atom. The van der Waals surface area contributed by atoms with Crippen LogP contribution in [0, 0.1) is 0 Å². The molecule has 0 aliphatic carbocycles. The molecule has 1 N–H and O–H groups in total. The minimum absolute atomic E-state index is 0.571. The Bertz CT molecular complexity index is 366. The molecule has 1 aromatic rings. The Hall–Kier alpha value is -1.19. The highest BCUT2D eigenvalue weighted by Gasteiger charge is 2.12. The first-order valence-corrected chi connectivity index (χ1v) is 5.33. The molecule has 0 fully saturated rings. The van der Waals surface area contributed by atoms with Gasteiger partial charge in [-0.05, 0) is 11.6 Å². The van der Waals surface area contributed by atoms with E-state index in [1.54, 1.807) is 20.3 Å². The lowest BCUT2D eigenvalue weighted by molar-refractivity contribution is 0.354. The summed E-state index contributed by atoms with van der Waals surface area (Å²) in [6, 6.07) is 3.76. The fraction of sp³-hybridized carbons (Fsp3) is 0.333. The zero-order valence-corrected chi connectivity index (χ0v) is 10.3. The van der Waals surface area contributed by atoms with Crippen molar-refractivity contribution >= 4 is 11.6 Å². The monoisotopic (exact) mass is 241 g/mol. The van der Waals surface area contributed by atoms with Crippen LogP contribution < -0.4 is 14.8 Å². The molecule has 1 rings (SSSR count). The van der Waals surface area contributed by atoms with Crippen LogP contribution in [0.25, 0.3) is 0 Å². The molecular weight excluding hydrogens is 226 g/mol. The molecule has 0 unspecified atom stereocenters. The SMILES string of the molecule is C=CCNCc1ccc(OC)c(OC)c1Cl. The summed E-state index contributed by atoms with van der Waals surface area (Å²) < 4.78 is 10.4. The van der Waals surface area contributed by atoms with Crippen molar-refractivity contribution in [3.05, 3.63) is 35.4 Å². The lowest BCUT2D eigenvalue weighted by Gasteiger charge is -2.12. The van der Waals surface area contributed by atoms with Crippen molar-refractivity contribution in [2.24, 2.45) is 0 Å². The molecule has 0 amide bonds. The summed E-state index contributed by atoms with van der Waals surface area (Å²) in [6.07, 6.45) is 1.80. The van der Waals surface area contributed by atoms with Gasteiger partial charge >= 0.3 is 0 Å². The number of hydrogen-bond acceptors (Lipinski definition) is 3. The Morgan fingerprint density at radius 2 is 2.12 bits per heavy atom. The van der Waals surface area contributed by atoms with Crippen LogP contribution in [0.3, 0.4) is 0 Å². The lowest BCUT2D eigenvalue weighted by Crippen LogP contribution is -2.13. The standard InChI is InChI=1S/C12H16ClNO2/c1-4-7-14-8-9-5-6-10(15-2)12(16-3)11(9)13/h4-6,14H,1,7-8H2,2-3H3. The summed E-state index contributed by atoms with van der Waals surface area (Å²) in [5, 5.41) is 3.76. The minimum atomic E-state index is 0.571. The molecule has 0 atom stereocenters. The van der Waals surface area contributed by atoms with Gasteiger partial charge in [-0.25, -0.2) is 0 Å². The maximum absolute atomic E-state index is 6.20. The van der Waals surface area contributed by atoms with Crippen LogP contribution in [0.5, 0.6) is 11.5 Å². The first-order chi connectivity index (χ1) is 7.74. The Kier molecular flexibility index (Phi) is 5.15. The molecule has 0 heterocycles. The Balaban J connectivity index is 2.90. The number of methoxy groups -OCH3 is 2. The average Bonchev–Trinajstić information content (AvgIpc) is 2.31. The number of nitrogens with one attached hydrogen (secondary N) is 1. The fourth-order valence-corrected chi connectivity index (χ4v) is 1.68. The summed E-state index contributed by atoms with van der Waals surface area (Å²) in [5.41, 5.74) is 0.973. The normalized spacial score (nSPS) is 9.94. The topological polar surface area (TPSA) is 30.5 Å². The average molecular weight is 242 g/mol. The maximum atomic E-state index is 6.20. The van der Waals surface area contributed by atoms with E-state index in [-0.39, 0.29) is 0 Å². The second-order valence-electron chi connectivity index (χ2n) is 3.19. The highest BCUT2D eigenvalue weighted by atomic mass is 35.5. The molecule has 0 aromatic heterocycles. The number of benzene rings is 1. The van der Waals surface area contributed by atoms with E-state index < -0.39 is 0 Å². The van der Waals surface area contributed by atoms with Gasteiger partial charge in [-0.1, -0.05) is 23.7 Å². The predicted octanol–water partition coefficient (Wildman–Crippen LogP) is 2.63. The highest BCUT2D eigenvalue weighted by molar-refractivity contribution is 6.33. The summed E-state index contributed by atoms with van der Waals surface area (Å²) in [5.74, 6) is 1.21. The fourth-order valence-electron chi connectivity index (χ4n) is 1.38. The molecule has 3 nitrogen and oxygen atoms in total. The van der Waals surface area contributed by atoms with Crippen LogP contribution in [-0.4, -0.2) is 20.8 Å². The largest absolute Gasteiger partial charge is 0.493 e. The second-order valence-corrected chi connectivity index (χ2v) is 3.57. The van der Waals surface area contributed by atoms with Gasteiger partial charge in [-0.15, -0.1) is 6.58 Å². The smallest absolute Gasteiger partial charge is 0.179 e. The van der Waals surface area contributed by atoms with Crippen LogP contribution in [0.15, 0.2) is 24.8 Å². The molecule has 0 radical (unpaired) electrons. The number of halogens is 1. The van der Waals surface area contributed by atoms with Gasteiger partial charge in [-0.2, -0.15) is 0 Å². The van der Waals surface area contributed by atoms with Gasteiger partial charge < -0.3 is 14.8 Å². The molecule has 0 saturated heterocycles. The summed E-state index contributed by atoms with van der Waals surface area (Å²) in [6.45, 7) is 5.05. The molecule has 0 spiro atoms. The second kappa shape index (κ2) is 6.40. The van der Waals surface area contributed by atoms with Crippen molar-refractivity contribution in [2.45, 2.75) is 6.54 Å². The highest BCUT2D eigenvalue weighted by Crippen LogP contribution is 2.37. The van der Waals surface area contributed by atoms with Crippen molar-refractivity contribution in [1.82, 2.24) is 5.32 Å². The van der Waals surface area contributed by atoms with E-state index in [2.05, 4.69) is 11.9 Å². The number of ether oxygens (including phenoxy) is 2. The van der Waals surface area contributed by atoms with Crippen molar-refractivity contribution in [2.75, 3.05) is 20.8 Å². The summed E-state index contributed by atoms with van der Waals surface area (Å²) >= 11 is 6.20. The molecule has 0 aliphatic heterocycles. The summed E-state index contributed by atoms with van der Waals surface area (Å²) in [7, 11) is 3.16. The third-order valence-electron chi connectivity index (χ3n) is 2.17. The zero-order valence-electron chi connectivity index (χ0n) is 9.55. The van der Waals surface area contributed by atoms with Gasteiger partial charge in [0.1, 0.15) is 0 Å². The molecule has 0 bridgehead atoms. The molecule has 4 heteroatoms. The van der Waals surface area contributed by atoms with E-state index in [1.807, 2.05) is 12.1 Å². The molecule has 88 valence electrons. The van der Waals surface area contributed by atoms with E-state index in [9.17, 15) is 0 Å². The first-order valence-electron chi connectivity index (χ1n) is 4.95. The lowest BCUT2D eigenvalue weighted by atomic mass is 10.2. The van der Waals surface area contributed by atoms with Crippen LogP contribution in [0.2, 0.25) is 5.02 Å². The van der Waals surface area contributed by atoms with Gasteiger partial charge in [0.05, 0.1) is 19.2 Å². The van der Waals surface area contributed by atoms with Crippen LogP contribution >= 0.6 is 11.6 Å². The van der Waals surface area contributed by atoms with Gasteiger partial charge in [0, 0.05) is 13.1 Å². The number of hydrogen-bond donors (Lipinski definition) is 1. The van der Waals surface area contributed by atoms with Gasteiger partial charge in [0.15, 0.2) is 11.5 Å². The van der Waals surface area contributed by atoms with E-state index in [4.69, 9.17) is 21.1 Å². The molecule has 16 heavy (non-hydrogen) atoms. The van der Waals surface area contributed by atoms with Crippen molar-refractivity contribution < 1.29 is 9.47 Å². The number of rotatable bonds is 6. The van der Waals surface area contributed by atoms with E-state index >= 15 is 0 Å². The van der Waals surface area contributed by atoms with Crippen LogP contribution in [-0.2, 0) is 6.54 Å². The summed E-state index contributed by atoms with van der Waals surface area (Å²) in [4.78, 5) is 0. The quantitative estimate of drug-likeness (QED) is 0.614. The third kappa shape index (κ3) is 2.90. The molecule has 1 aromatic carbocycles. The van der Waals surface area contributed by atoms with Gasteiger partial charge in [0.2, 0.25) is 0 Å². The molecular formula is C12H16ClNO2. The van der Waals surface area contributed by atoms with E-state index in [0.29, 0.717) is 23.1 Å².